The van der Waals surface area contributed by atoms with Gasteiger partial charge in [-0.15, -0.1) is 0 Å². The summed E-state index contributed by atoms with van der Waals surface area (Å²) in [6.07, 6.45) is -2.32. The second-order valence-electron chi connectivity index (χ2n) is 4.96. The highest BCUT2D eigenvalue weighted by Crippen LogP contribution is 2.39. The molecule has 1 aliphatic carbocycles. The molecule has 4 unspecified atom stereocenters. The molecule has 2 fully saturated rings. The van der Waals surface area contributed by atoms with Crippen molar-refractivity contribution in [3.05, 3.63) is 23.9 Å². The summed E-state index contributed by atoms with van der Waals surface area (Å²) < 4.78 is 43.3. The van der Waals surface area contributed by atoms with Crippen LogP contribution < -0.4 is 11.1 Å². The second kappa shape index (κ2) is 4.35. The molecule has 4 atom stereocenters. The molecule has 104 valence electrons. The van der Waals surface area contributed by atoms with Crippen LogP contribution >= 0.6 is 0 Å². The van der Waals surface area contributed by atoms with E-state index in [1.54, 1.807) is 0 Å². The van der Waals surface area contributed by atoms with E-state index in [-0.39, 0.29) is 24.0 Å². The monoisotopic (exact) mass is 273 g/mol. The minimum absolute atomic E-state index is 0.00802. The molecule has 0 aromatic carbocycles. The SMILES string of the molecule is NC1C2CCOC2C1Nc1cc(C(F)(F)F)ccn1. The lowest BCUT2D eigenvalue weighted by Gasteiger charge is -2.45. The van der Waals surface area contributed by atoms with Crippen LogP contribution in [0.4, 0.5) is 19.0 Å². The maximum absolute atomic E-state index is 12.6. The number of fused-ring (bicyclic) bond motifs is 1. The largest absolute Gasteiger partial charge is 0.416 e. The highest BCUT2D eigenvalue weighted by atomic mass is 19.4. The Kier molecular flexibility index (Phi) is 2.90. The van der Waals surface area contributed by atoms with Crippen LogP contribution in [0.15, 0.2) is 18.3 Å². The molecule has 19 heavy (non-hydrogen) atoms. The fourth-order valence-electron chi connectivity index (χ4n) is 2.78. The van der Waals surface area contributed by atoms with Crippen molar-refractivity contribution in [2.45, 2.75) is 30.8 Å². The Hall–Kier alpha value is -1.34. The van der Waals surface area contributed by atoms with Crippen molar-refractivity contribution in [3.63, 3.8) is 0 Å². The highest BCUT2D eigenvalue weighted by Gasteiger charge is 2.52. The lowest BCUT2D eigenvalue weighted by Crippen LogP contribution is -2.65. The molecular weight excluding hydrogens is 259 g/mol. The molecule has 0 spiro atoms. The number of hydrogen-bond donors (Lipinski definition) is 2. The molecule has 1 saturated carbocycles. The molecule has 7 heteroatoms. The normalized spacial score (nSPS) is 33.7. The van der Waals surface area contributed by atoms with E-state index in [9.17, 15) is 13.2 Å². The molecule has 0 amide bonds. The molecule has 3 N–H and O–H groups in total. The summed E-state index contributed by atoms with van der Waals surface area (Å²) in [6.45, 7) is 0.664. The Balaban J connectivity index is 1.74. The Labute approximate surface area is 108 Å². The molecule has 2 heterocycles. The van der Waals surface area contributed by atoms with Gasteiger partial charge in [-0.2, -0.15) is 13.2 Å². The van der Waals surface area contributed by atoms with Gasteiger partial charge in [0.25, 0.3) is 0 Å². The Bertz CT molecular complexity index is 480. The number of pyridine rings is 1. The first-order valence-corrected chi connectivity index (χ1v) is 6.14. The quantitative estimate of drug-likeness (QED) is 0.859. The maximum Gasteiger partial charge on any atom is 0.416 e. The van der Waals surface area contributed by atoms with Crippen LogP contribution in [0.2, 0.25) is 0 Å². The molecule has 1 aromatic rings. The minimum Gasteiger partial charge on any atom is -0.376 e. The van der Waals surface area contributed by atoms with Gasteiger partial charge in [0.05, 0.1) is 17.7 Å². The zero-order valence-electron chi connectivity index (χ0n) is 10.0. The third-order valence-electron chi connectivity index (χ3n) is 3.85. The van der Waals surface area contributed by atoms with E-state index in [2.05, 4.69) is 10.3 Å². The number of nitrogens with one attached hydrogen (secondary N) is 1. The zero-order valence-corrected chi connectivity index (χ0v) is 10.0. The number of nitrogens with zero attached hydrogens (tertiary/aromatic N) is 1. The number of ether oxygens (including phenoxy) is 1. The third-order valence-corrected chi connectivity index (χ3v) is 3.85. The van der Waals surface area contributed by atoms with Crippen molar-refractivity contribution in [1.82, 2.24) is 4.98 Å². The van der Waals surface area contributed by atoms with Gasteiger partial charge in [0, 0.05) is 24.8 Å². The van der Waals surface area contributed by atoms with Crippen molar-refractivity contribution < 1.29 is 17.9 Å². The molecule has 0 bridgehead atoms. The van der Waals surface area contributed by atoms with Crippen molar-refractivity contribution in [2.75, 3.05) is 11.9 Å². The van der Waals surface area contributed by atoms with Crippen molar-refractivity contribution in [3.8, 4) is 0 Å². The van der Waals surface area contributed by atoms with E-state index < -0.39 is 11.7 Å². The summed E-state index contributed by atoms with van der Waals surface area (Å²) in [5.41, 5.74) is 5.27. The average molecular weight is 273 g/mol. The molecule has 1 aromatic heterocycles. The Morgan fingerprint density at radius 3 is 2.95 bits per heavy atom. The van der Waals surface area contributed by atoms with Gasteiger partial charge < -0.3 is 15.8 Å². The van der Waals surface area contributed by atoms with Gasteiger partial charge in [-0.1, -0.05) is 0 Å². The molecular formula is C12H14F3N3O. The van der Waals surface area contributed by atoms with Crippen molar-refractivity contribution in [2.24, 2.45) is 11.7 Å². The fourth-order valence-corrected chi connectivity index (χ4v) is 2.78. The first-order valence-electron chi connectivity index (χ1n) is 6.14. The van der Waals surface area contributed by atoms with E-state index >= 15 is 0 Å². The van der Waals surface area contributed by atoms with Crippen molar-refractivity contribution >= 4 is 5.82 Å². The van der Waals surface area contributed by atoms with Gasteiger partial charge in [0.15, 0.2) is 0 Å². The van der Waals surface area contributed by atoms with Gasteiger partial charge in [0.2, 0.25) is 0 Å². The third kappa shape index (κ3) is 2.17. The summed E-state index contributed by atoms with van der Waals surface area (Å²) in [7, 11) is 0. The fraction of sp³-hybridized carbons (Fsp3) is 0.583. The number of aromatic nitrogens is 1. The van der Waals surface area contributed by atoms with Gasteiger partial charge in [-0.3, -0.25) is 0 Å². The predicted molar refractivity (Wildman–Crippen MR) is 62.5 cm³/mol. The first-order chi connectivity index (χ1) is 8.97. The number of rotatable bonds is 2. The van der Waals surface area contributed by atoms with Crippen LogP contribution in [0.25, 0.3) is 0 Å². The van der Waals surface area contributed by atoms with E-state index in [1.165, 1.54) is 0 Å². The number of nitrogens with two attached hydrogens (primary N) is 1. The highest BCUT2D eigenvalue weighted by molar-refractivity contribution is 5.41. The van der Waals surface area contributed by atoms with Gasteiger partial charge in [-0.05, 0) is 18.6 Å². The Morgan fingerprint density at radius 1 is 1.42 bits per heavy atom. The van der Waals surface area contributed by atoms with Crippen LogP contribution in [0, 0.1) is 5.92 Å². The van der Waals surface area contributed by atoms with E-state index in [0.29, 0.717) is 12.5 Å². The van der Waals surface area contributed by atoms with Crippen molar-refractivity contribution in [1.29, 1.82) is 0 Å². The van der Waals surface area contributed by atoms with Crippen LogP contribution in [0.3, 0.4) is 0 Å². The smallest absolute Gasteiger partial charge is 0.376 e. The van der Waals surface area contributed by atoms with Crippen LogP contribution in [-0.2, 0) is 10.9 Å². The summed E-state index contributed by atoms with van der Waals surface area (Å²) in [4.78, 5) is 3.90. The van der Waals surface area contributed by atoms with E-state index in [1.807, 2.05) is 0 Å². The van der Waals surface area contributed by atoms with Crippen LogP contribution in [0.1, 0.15) is 12.0 Å². The minimum atomic E-state index is -4.37. The number of halogens is 3. The lowest BCUT2D eigenvalue weighted by molar-refractivity contribution is -0.137. The van der Waals surface area contributed by atoms with E-state index in [0.717, 1.165) is 24.8 Å². The van der Waals surface area contributed by atoms with Gasteiger partial charge >= 0.3 is 6.18 Å². The Morgan fingerprint density at radius 2 is 2.21 bits per heavy atom. The molecule has 3 rings (SSSR count). The summed E-state index contributed by atoms with van der Waals surface area (Å²) in [6, 6.07) is 1.68. The first kappa shape index (κ1) is 12.7. The van der Waals surface area contributed by atoms with Gasteiger partial charge in [-0.25, -0.2) is 4.98 Å². The summed E-state index contributed by atoms with van der Waals surface area (Å²) >= 11 is 0. The predicted octanol–water partition coefficient (Wildman–Crippen LogP) is 1.63. The number of anilines is 1. The number of hydrogen-bond acceptors (Lipinski definition) is 4. The van der Waals surface area contributed by atoms with Gasteiger partial charge in [0.1, 0.15) is 5.82 Å². The molecule has 2 aliphatic rings. The molecule has 1 saturated heterocycles. The lowest BCUT2D eigenvalue weighted by atomic mass is 9.72. The summed E-state index contributed by atoms with van der Waals surface area (Å²) in [5.74, 6) is 0.493. The topological polar surface area (TPSA) is 60.2 Å². The number of alkyl halides is 3. The standard InChI is InChI=1S/C12H14F3N3O/c13-12(14,15)6-1-3-17-8(5-6)18-10-9(16)7-2-4-19-11(7)10/h1,3,5,7,9-11H,2,4,16H2,(H,17,18). The van der Waals surface area contributed by atoms with E-state index in [4.69, 9.17) is 10.5 Å². The van der Waals surface area contributed by atoms with Crippen LogP contribution in [0.5, 0.6) is 0 Å². The summed E-state index contributed by atoms with van der Waals surface area (Å²) in [5, 5.41) is 2.95. The molecule has 4 nitrogen and oxygen atoms in total. The zero-order chi connectivity index (χ0) is 13.6. The average Bonchev–Trinajstić information content (AvgIpc) is 2.80. The second-order valence-corrected chi connectivity index (χ2v) is 4.96. The molecule has 1 aliphatic heterocycles. The maximum atomic E-state index is 12.6. The molecule has 0 radical (unpaired) electrons. The van der Waals surface area contributed by atoms with Crippen LogP contribution in [-0.4, -0.2) is 29.8 Å².